The van der Waals surface area contributed by atoms with Crippen LogP contribution in [0.1, 0.15) is 27.2 Å². The number of amides is 1. The highest BCUT2D eigenvalue weighted by Gasteiger charge is 2.18. The van der Waals surface area contributed by atoms with E-state index < -0.39 is 18.5 Å². The minimum atomic E-state index is -0.673. The molecule has 0 fully saturated rings. The van der Waals surface area contributed by atoms with E-state index in [1.807, 2.05) is 19.1 Å². The first kappa shape index (κ1) is 18.4. The van der Waals surface area contributed by atoms with Crippen LogP contribution in [-0.2, 0) is 9.53 Å². The van der Waals surface area contributed by atoms with Gasteiger partial charge in [0.15, 0.2) is 6.61 Å². The van der Waals surface area contributed by atoms with Crippen LogP contribution >= 0.6 is 27.5 Å². The number of anilines is 1. The van der Waals surface area contributed by atoms with Crippen LogP contribution in [0.3, 0.4) is 0 Å². The summed E-state index contributed by atoms with van der Waals surface area (Å²) in [7, 11) is 0. The van der Waals surface area contributed by atoms with Gasteiger partial charge in [0, 0.05) is 15.9 Å². The maximum Gasteiger partial charge on any atom is 0.342 e. The van der Waals surface area contributed by atoms with E-state index >= 15 is 0 Å². The minimum Gasteiger partial charge on any atom is -0.452 e. The number of nitrogens with one attached hydrogen (secondary N) is 1. The van der Waals surface area contributed by atoms with Crippen molar-refractivity contribution in [3.63, 3.8) is 0 Å². The van der Waals surface area contributed by atoms with E-state index in [1.165, 1.54) is 0 Å². The topological polar surface area (TPSA) is 68.3 Å². The molecule has 0 aliphatic rings. The average molecular weight is 412 g/mol. The number of carbonyl (C=O) groups is 2. The molecule has 0 radical (unpaired) electrons. The van der Waals surface area contributed by atoms with E-state index in [-0.39, 0.29) is 10.7 Å². The number of hydrogen-bond acceptors (Lipinski definition) is 4. The van der Waals surface area contributed by atoms with E-state index in [2.05, 4.69) is 26.2 Å². The molecule has 24 heavy (non-hydrogen) atoms. The molecule has 0 saturated carbocycles. The number of ether oxygens (including phenoxy) is 1. The monoisotopic (exact) mass is 410 g/mol. The zero-order chi connectivity index (χ0) is 17.9. The molecule has 0 saturated heterocycles. The van der Waals surface area contributed by atoms with E-state index in [0.717, 1.165) is 10.0 Å². The van der Waals surface area contributed by atoms with E-state index in [9.17, 15) is 9.59 Å². The summed E-state index contributed by atoms with van der Waals surface area (Å²) in [4.78, 5) is 28.1. The third kappa shape index (κ3) is 4.55. The van der Waals surface area contributed by atoms with Crippen LogP contribution in [0.5, 0.6) is 0 Å². The van der Waals surface area contributed by atoms with Crippen molar-refractivity contribution in [2.24, 2.45) is 0 Å². The lowest BCUT2D eigenvalue weighted by Crippen LogP contribution is -2.22. The number of esters is 1. The number of halogens is 2. The number of pyridine rings is 1. The zero-order valence-corrected chi connectivity index (χ0v) is 15.8. The van der Waals surface area contributed by atoms with Crippen molar-refractivity contribution in [3.05, 3.63) is 56.3 Å². The first-order valence-corrected chi connectivity index (χ1v) is 8.32. The molecule has 2 aromatic rings. The second kappa shape index (κ2) is 7.77. The lowest BCUT2D eigenvalue weighted by molar-refractivity contribution is -0.119. The van der Waals surface area contributed by atoms with Gasteiger partial charge in [0.1, 0.15) is 5.15 Å². The Bertz CT molecular complexity index is 785. The Hall–Kier alpha value is -1.92. The van der Waals surface area contributed by atoms with Crippen LogP contribution < -0.4 is 5.32 Å². The van der Waals surface area contributed by atoms with E-state index in [0.29, 0.717) is 16.9 Å². The summed E-state index contributed by atoms with van der Waals surface area (Å²) < 4.78 is 5.96. The van der Waals surface area contributed by atoms with Crippen LogP contribution in [0.2, 0.25) is 5.15 Å². The third-order valence-electron chi connectivity index (χ3n) is 3.30. The van der Waals surface area contributed by atoms with Crippen molar-refractivity contribution in [1.29, 1.82) is 0 Å². The van der Waals surface area contributed by atoms with Gasteiger partial charge in [-0.1, -0.05) is 27.5 Å². The molecule has 1 heterocycles. The molecular formula is C17H16BrClN2O3. The Morgan fingerprint density at radius 3 is 2.54 bits per heavy atom. The quantitative estimate of drug-likeness (QED) is 0.604. The van der Waals surface area contributed by atoms with Gasteiger partial charge in [-0.05, 0) is 56.2 Å². The lowest BCUT2D eigenvalue weighted by Gasteiger charge is -2.11. The fourth-order valence-electron chi connectivity index (χ4n) is 2.19. The maximum atomic E-state index is 12.1. The van der Waals surface area contributed by atoms with Crippen molar-refractivity contribution in [3.8, 4) is 0 Å². The van der Waals surface area contributed by atoms with Crippen molar-refractivity contribution in [1.82, 2.24) is 4.98 Å². The Morgan fingerprint density at radius 2 is 1.92 bits per heavy atom. The van der Waals surface area contributed by atoms with Gasteiger partial charge in [-0.2, -0.15) is 0 Å². The number of hydrogen-bond donors (Lipinski definition) is 1. The normalized spacial score (nSPS) is 10.4. The predicted molar refractivity (Wildman–Crippen MR) is 96.5 cm³/mol. The molecule has 2 rings (SSSR count). The van der Waals surface area contributed by atoms with Crippen molar-refractivity contribution < 1.29 is 14.3 Å². The molecule has 126 valence electrons. The van der Waals surface area contributed by atoms with Gasteiger partial charge in [-0.3, -0.25) is 4.79 Å². The van der Waals surface area contributed by atoms with Crippen molar-refractivity contribution in [2.75, 3.05) is 11.9 Å². The van der Waals surface area contributed by atoms with E-state index in [4.69, 9.17) is 16.3 Å². The zero-order valence-electron chi connectivity index (χ0n) is 13.4. The van der Waals surface area contributed by atoms with Gasteiger partial charge >= 0.3 is 5.97 Å². The van der Waals surface area contributed by atoms with Crippen LogP contribution in [0.4, 0.5) is 5.69 Å². The van der Waals surface area contributed by atoms with Crippen LogP contribution in [-0.4, -0.2) is 23.5 Å². The number of benzene rings is 1. The number of carbonyl (C=O) groups excluding carboxylic acids is 2. The third-order valence-corrected chi connectivity index (χ3v) is 4.07. The molecule has 5 nitrogen and oxygen atoms in total. The first-order valence-electron chi connectivity index (χ1n) is 7.15. The highest BCUT2D eigenvalue weighted by atomic mass is 79.9. The predicted octanol–water partition coefficient (Wildman–Crippen LogP) is 4.22. The van der Waals surface area contributed by atoms with E-state index in [1.54, 1.807) is 26.0 Å². The Balaban J connectivity index is 2.00. The molecule has 1 N–H and O–H groups in total. The molecule has 7 heteroatoms. The molecule has 0 bridgehead atoms. The molecule has 1 aromatic carbocycles. The molecule has 1 amide bonds. The first-order chi connectivity index (χ1) is 11.3. The fourth-order valence-corrected chi connectivity index (χ4v) is 3.03. The number of rotatable bonds is 4. The van der Waals surface area contributed by atoms with Gasteiger partial charge in [-0.25, -0.2) is 9.78 Å². The largest absolute Gasteiger partial charge is 0.452 e. The Kier molecular flexibility index (Phi) is 5.96. The summed E-state index contributed by atoms with van der Waals surface area (Å²) in [6.07, 6.45) is 0. The molecule has 0 atom stereocenters. The molecule has 0 aliphatic carbocycles. The van der Waals surface area contributed by atoms with Gasteiger partial charge < -0.3 is 10.1 Å². The van der Waals surface area contributed by atoms with Gasteiger partial charge in [0.05, 0.1) is 5.56 Å². The molecular weight excluding hydrogens is 396 g/mol. The fraction of sp³-hybridized carbons (Fsp3) is 0.235. The highest BCUT2D eigenvalue weighted by Crippen LogP contribution is 2.21. The van der Waals surface area contributed by atoms with Crippen molar-refractivity contribution >= 4 is 45.1 Å². The van der Waals surface area contributed by atoms with Crippen LogP contribution in [0, 0.1) is 20.8 Å². The van der Waals surface area contributed by atoms with Crippen LogP contribution in [0.25, 0.3) is 0 Å². The van der Waals surface area contributed by atoms with Gasteiger partial charge in [0.25, 0.3) is 5.91 Å². The molecule has 0 spiro atoms. The average Bonchev–Trinajstić information content (AvgIpc) is 2.47. The van der Waals surface area contributed by atoms with Crippen molar-refractivity contribution in [2.45, 2.75) is 20.8 Å². The highest BCUT2D eigenvalue weighted by molar-refractivity contribution is 9.10. The molecule has 0 unspecified atom stereocenters. The summed E-state index contributed by atoms with van der Waals surface area (Å²) >= 11 is 9.35. The summed E-state index contributed by atoms with van der Waals surface area (Å²) in [5, 5.41) is 2.77. The lowest BCUT2D eigenvalue weighted by atomic mass is 10.1. The second-order valence-corrected chi connectivity index (χ2v) is 6.60. The number of aryl methyl sites for hydroxylation is 3. The van der Waals surface area contributed by atoms with Gasteiger partial charge in [0.2, 0.25) is 0 Å². The summed E-state index contributed by atoms with van der Waals surface area (Å²) in [6, 6.07) is 7.19. The molecule has 1 aromatic heterocycles. The minimum absolute atomic E-state index is 0.0710. The van der Waals surface area contributed by atoms with Crippen LogP contribution in [0.15, 0.2) is 28.7 Å². The maximum absolute atomic E-state index is 12.1. The SMILES string of the molecule is Cc1cc(C)c(C(=O)OCC(=O)Nc2ccc(Br)cc2C)c(Cl)n1. The number of nitrogens with zero attached hydrogens (tertiary/aromatic N) is 1. The summed E-state index contributed by atoms with van der Waals surface area (Å²) in [6.45, 7) is 4.98. The summed E-state index contributed by atoms with van der Waals surface area (Å²) in [5.41, 5.74) is 3.09. The standard InChI is InChI=1S/C17H16BrClN2O3/c1-9-7-12(18)4-5-13(9)21-14(22)8-24-17(23)15-10(2)6-11(3)20-16(15)19/h4-7H,8H2,1-3H3,(H,21,22). The Morgan fingerprint density at radius 1 is 1.21 bits per heavy atom. The second-order valence-electron chi connectivity index (χ2n) is 5.33. The Labute approximate surface area is 153 Å². The smallest absolute Gasteiger partial charge is 0.342 e. The molecule has 0 aliphatic heterocycles. The number of aromatic nitrogens is 1. The summed E-state index contributed by atoms with van der Waals surface area (Å²) in [5.74, 6) is -1.10. The van der Waals surface area contributed by atoms with Gasteiger partial charge in [-0.15, -0.1) is 0 Å².